The van der Waals surface area contributed by atoms with E-state index in [1.807, 2.05) is 41.9 Å². The maximum Gasteiger partial charge on any atom is 0.226 e. The minimum absolute atomic E-state index is 0.0457. The van der Waals surface area contributed by atoms with E-state index in [1.54, 1.807) is 22.2 Å². The predicted octanol–water partition coefficient (Wildman–Crippen LogP) is 4.42. The molecule has 0 saturated carbocycles. The zero-order chi connectivity index (χ0) is 20.1. The molecular formula is C23H22N4OS. The maximum atomic E-state index is 12.3. The summed E-state index contributed by atoms with van der Waals surface area (Å²) >= 11 is 1.57. The number of nitrogens with zero attached hydrogens (tertiary/aromatic N) is 3. The maximum absolute atomic E-state index is 12.3. The van der Waals surface area contributed by atoms with E-state index in [-0.39, 0.29) is 12.3 Å². The number of amides is 1. The highest BCUT2D eigenvalue weighted by Gasteiger charge is 2.10. The molecule has 29 heavy (non-hydrogen) atoms. The third-order valence-corrected chi connectivity index (χ3v) is 5.59. The minimum atomic E-state index is -0.0457. The number of benzene rings is 2. The minimum Gasteiger partial charge on any atom is -0.352 e. The third-order valence-electron chi connectivity index (χ3n) is 4.65. The van der Waals surface area contributed by atoms with Gasteiger partial charge in [0.25, 0.3) is 0 Å². The van der Waals surface area contributed by atoms with E-state index in [0.717, 1.165) is 33.9 Å². The summed E-state index contributed by atoms with van der Waals surface area (Å²) in [5.41, 5.74) is 5.14. The standard InChI is InChI=1S/C23H22N4OS/c1-2-17-8-10-19(11-9-17)23-26-20(16-29-23)12-22(28)24-13-18-14-25-27(15-18)21-6-4-3-5-7-21/h3-11,14-16H,2,12-13H2,1H3,(H,24,28). The monoisotopic (exact) mass is 402 g/mol. The molecule has 2 heterocycles. The van der Waals surface area contributed by atoms with Crippen molar-refractivity contribution in [3.05, 3.63) is 89.2 Å². The van der Waals surface area contributed by atoms with Gasteiger partial charge < -0.3 is 5.32 Å². The molecule has 146 valence electrons. The Morgan fingerprint density at radius 1 is 1.07 bits per heavy atom. The second-order valence-electron chi connectivity index (χ2n) is 6.78. The van der Waals surface area contributed by atoms with Crippen LogP contribution >= 0.6 is 11.3 Å². The number of thiazole rings is 1. The molecule has 1 amide bonds. The van der Waals surface area contributed by atoms with E-state index in [1.165, 1.54) is 5.56 Å². The van der Waals surface area contributed by atoms with Crippen LogP contribution in [-0.2, 0) is 24.2 Å². The molecule has 4 aromatic rings. The van der Waals surface area contributed by atoms with Gasteiger partial charge in [0.2, 0.25) is 5.91 Å². The van der Waals surface area contributed by atoms with Crippen molar-refractivity contribution in [1.29, 1.82) is 0 Å². The lowest BCUT2D eigenvalue weighted by Gasteiger charge is -2.02. The fourth-order valence-electron chi connectivity index (χ4n) is 3.00. The molecule has 0 aliphatic heterocycles. The fraction of sp³-hybridized carbons (Fsp3) is 0.174. The SMILES string of the molecule is CCc1ccc(-c2nc(CC(=O)NCc3cnn(-c4ccccc4)c3)cs2)cc1. The van der Waals surface area contributed by atoms with Crippen molar-refractivity contribution >= 4 is 17.2 Å². The number of hydrogen-bond donors (Lipinski definition) is 1. The van der Waals surface area contributed by atoms with Crippen molar-refractivity contribution in [2.75, 3.05) is 0 Å². The highest BCUT2D eigenvalue weighted by molar-refractivity contribution is 7.13. The molecule has 0 radical (unpaired) electrons. The molecule has 0 fully saturated rings. The molecule has 0 atom stereocenters. The van der Waals surface area contributed by atoms with Gasteiger partial charge in [-0.25, -0.2) is 9.67 Å². The normalized spacial score (nSPS) is 10.8. The number of aryl methyl sites for hydroxylation is 1. The summed E-state index contributed by atoms with van der Waals surface area (Å²) in [5, 5.41) is 10.2. The molecule has 0 aliphatic rings. The quantitative estimate of drug-likeness (QED) is 0.498. The van der Waals surface area contributed by atoms with Crippen molar-refractivity contribution in [3.8, 4) is 16.3 Å². The van der Waals surface area contributed by atoms with Gasteiger partial charge in [-0.2, -0.15) is 5.10 Å². The number of carbonyl (C=O) groups excluding carboxylic acids is 1. The highest BCUT2D eigenvalue weighted by Crippen LogP contribution is 2.24. The lowest BCUT2D eigenvalue weighted by Crippen LogP contribution is -2.24. The molecule has 6 heteroatoms. The smallest absolute Gasteiger partial charge is 0.226 e. The Labute approximate surface area is 174 Å². The van der Waals surface area contributed by atoms with Gasteiger partial charge in [-0.1, -0.05) is 49.4 Å². The zero-order valence-corrected chi connectivity index (χ0v) is 17.0. The van der Waals surface area contributed by atoms with Gasteiger partial charge in [-0.15, -0.1) is 11.3 Å². The fourth-order valence-corrected chi connectivity index (χ4v) is 3.83. The van der Waals surface area contributed by atoms with Crippen molar-refractivity contribution < 1.29 is 4.79 Å². The molecule has 0 bridgehead atoms. The average molecular weight is 403 g/mol. The Hall–Kier alpha value is -3.25. The Bertz CT molecular complexity index is 1080. The number of para-hydroxylation sites is 1. The Balaban J connectivity index is 1.32. The van der Waals surface area contributed by atoms with E-state index in [2.05, 4.69) is 46.6 Å². The average Bonchev–Trinajstić information content (AvgIpc) is 3.43. The van der Waals surface area contributed by atoms with Crippen LogP contribution in [0.4, 0.5) is 0 Å². The van der Waals surface area contributed by atoms with Crippen LogP contribution in [0.25, 0.3) is 16.3 Å². The first kappa shape index (κ1) is 19.1. The Kier molecular flexibility index (Phi) is 5.81. The van der Waals surface area contributed by atoms with E-state index < -0.39 is 0 Å². The van der Waals surface area contributed by atoms with Crippen molar-refractivity contribution in [1.82, 2.24) is 20.1 Å². The van der Waals surface area contributed by atoms with Crippen LogP contribution in [0.2, 0.25) is 0 Å². The molecule has 2 aromatic heterocycles. The van der Waals surface area contributed by atoms with Gasteiger partial charge in [0.15, 0.2) is 0 Å². The summed E-state index contributed by atoms with van der Waals surface area (Å²) in [6, 6.07) is 18.3. The molecule has 0 aliphatic carbocycles. The first-order chi connectivity index (χ1) is 14.2. The van der Waals surface area contributed by atoms with Gasteiger partial charge in [-0.3, -0.25) is 4.79 Å². The second kappa shape index (κ2) is 8.84. The van der Waals surface area contributed by atoms with Gasteiger partial charge in [0.05, 0.1) is 24.0 Å². The molecule has 1 N–H and O–H groups in total. The van der Waals surface area contributed by atoms with Gasteiger partial charge in [-0.05, 0) is 24.1 Å². The first-order valence-electron chi connectivity index (χ1n) is 9.60. The van der Waals surface area contributed by atoms with Crippen LogP contribution in [-0.4, -0.2) is 20.7 Å². The second-order valence-corrected chi connectivity index (χ2v) is 7.63. The van der Waals surface area contributed by atoms with Crippen LogP contribution in [0.15, 0.2) is 72.4 Å². The Morgan fingerprint density at radius 3 is 2.62 bits per heavy atom. The van der Waals surface area contributed by atoms with Crippen molar-refractivity contribution in [3.63, 3.8) is 0 Å². The molecule has 0 unspecified atom stereocenters. The lowest BCUT2D eigenvalue weighted by atomic mass is 10.1. The van der Waals surface area contributed by atoms with E-state index in [4.69, 9.17) is 0 Å². The van der Waals surface area contributed by atoms with Crippen LogP contribution < -0.4 is 5.32 Å². The number of rotatable bonds is 7. The van der Waals surface area contributed by atoms with E-state index in [9.17, 15) is 4.79 Å². The summed E-state index contributed by atoms with van der Waals surface area (Å²) in [5.74, 6) is -0.0457. The van der Waals surface area contributed by atoms with E-state index in [0.29, 0.717) is 6.54 Å². The molecule has 0 spiro atoms. The van der Waals surface area contributed by atoms with Crippen LogP contribution in [0.1, 0.15) is 23.7 Å². The summed E-state index contributed by atoms with van der Waals surface area (Å²) in [6.07, 6.45) is 4.99. The zero-order valence-electron chi connectivity index (χ0n) is 16.2. The summed E-state index contributed by atoms with van der Waals surface area (Å²) in [7, 11) is 0. The molecule has 4 rings (SSSR count). The first-order valence-corrected chi connectivity index (χ1v) is 10.5. The third kappa shape index (κ3) is 4.78. The van der Waals surface area contributed by atoms with E-state index >= 15 is 0 Å². The molecule has 0 saturated heterocycles. The van der Waals surface area contributed by atoms with Crippen LogP contribution in [0.3, 0.4) is 0 Å². The summed E-state index contributed by atoms with van der Waals surface area (Å²) in [4.78, 5) is 16.9. The molecular weight excluding hydrogens is 380 g/mol. The number of hydrogen-bond acceptors (Lipinski definition) is 4. The molecule has 5 nitrogen and oxygen atoms in total. The highest BCUT2D eigenvalue weighted by atomic mass is 32.1. The Morgan fingerprint density at radius 2 is 1.86 bits per heavy atom. The molecule has 2 aromatic carbocycles. The number of carbonyl (C=O) groups is 1. The topological polar surface area (TPSA) is 59.8 Å². The van der Waals surface area contributed by atoms with Crippen molar-refractivity contribution in [2.24, 2.45) is 0 Å². The van der Waals surface area contributed by atoms with Crippen molar-refractivity contribution in [2.45, 2.75) is 26.3 Å². The summed E-state index contributed by atoms with van der Waals surface area (Å²) in [6.45, 7) is 2.59. The number of aromatic nitrogens is 3. The summed E-state index contributed by atoms with van der Waals surface area (Å²) < 4.78 is 1.80. The largest absolute Gasteiger partial charge is 0.352 e. The van der Waals surface area contributed by atoms with Crippen LogP contribution in [0.5, 0.6) is 0 Å². The van der Waals surface area contributed by atoms with Crippen LogP contribution in [0, 0.1) is 0 Å². The van der Waals surface area contributed by atoms with Gasteiger partial charge >= 0.3 is 0 Å². The van der Waals surface area contributed by atoms with Gasteiger partial charge in [0, 0.05) is 29.2 Å². The predicted molar refractivity (Wildman–Crippen MR) is 116 cm³/mol. The lowest BCUT2D eigenvalue weighted by molar-refractivity contribution is -0.120. The van der Waals surface area contributed by atoms with Gasteiger partial charge in [0.1, 0.15) is 5.01 Å². The number of nitrogens with one attached hydrogen (secondary N) is 1.